The largest absolute Gasteiger partial charge is 0.497 e. The molecule has 3 nitrogen and oxygen atoms in total. The molecule has 20 heavy (non-hydrogen) atoms. The highest BCUT2D eigenvalue weighted by Gasteiger charge is 2.78. The molecular weight excluding hydrogens is 264 g/mol. The highest BCUT2D eigenvalue weighted by atomic mass is 19.3. The number of likely N-dealkylation sites (tertiary alicyclic amines) is 1. The van der Waals surface area contributed by atoms with Gasteiger partial charge in [0.2, 0.25) is 0 Å². The summed E-state index contributed by atoms with van der Waals surface area (Å²) in [4.78, 5) is 13.9. The molecule has 1 aromatic rings. The molecule has 3 rings (SSSR count). The summed E-state index contributed by atoms with van der Waals surface area (Å²) in [5.41, 5.74) is -0.421. The molecule has 0 spiro atoms. The number of benzene rings is 1. The molecule has 2 unspecified atom stereocenters. The van der Waals surface area contributed by atoms with E-state index in [4.69, 9.17) is 4.74 Å². The van der Waals surface area contributed by atoms with Crippen LogP contribution in [0.4, 0.5) is 8.78 Å². The van der Waals surface area contributed by atoms with E-state index in [1.165, 1.54) is 12.0 Å². The van der Waals surface area contributed by atoms with E-state index in [0.29, 0.717) is 24.3 Å². The van der Waals surface area contributed by atoms with Crippen LogP contribution in [0.5, 0.6) is 5.75 Å². The number of halogens is 2. The topological polar surface area (TPSA) is 29.5 Å². The molecule has 2 fully saturated rings. The summed E-state index contributed by atoms with van der Waals surface area (Å²) in [7, 11) is 1.53. The Hall–Kier alpha value is -1.65. The van der Waals surface area contributed by atoms with Gasteiger partial charge in [-0.15, -0.1) is 0 Å². The second kappa shape index (κ2) is 4.17. The fraction of sp³-hybridized carbons (Fsp3) is 0.533. The number of hydrogen-bond acceptors (Lipinski definition) is 2. The van der Waals surface area contributed by atoms with Crippen molar-refractivity contribution < 1.29 is 18.3 Å². The van der Waals surface area contributed by atoms with Gasteiger partial charge in [0.1, 0.15) is 5.75 Å². The Bertz CT molecular complexity index is 561. The average Bonchev–Trinajstić information content (AvgIpc) is 2.91. The molecule has 1 heterocycles. The zero-order valence-electron chi connectivity index (χ0n) is 11.5. The van der Waals surface area contributed by atoms with Gasteiger partial charge in [0, 0.05) is 24.1 Å². The molecule has 1 saturated heterocycles. The van der Waals surface area contributed by atoms with Gasteiger partial charge in [0.05, 0.1) is 13.0 Å². The Morgan fingerprint density at radius 1 is 1.45 bits per heavy atom. The first-order chi connectivity index (χ1) is 9.40. The van der Waals surface area contributed by atoms with Gasteiger partial charge in [0.25, 0.3) is 11.8 Å². The number of piperidine rings is 1. The van der Waals surface area contributed by atoms with E-state index < -0.39 is 17.3 Å². The Morgan fingerprint density at radius 3 is 2.85 bits per heavy atom. The van der Waals surface area contributed by atoms with Gasteiger partial charge in [-0.1, -0.05) is 13.0 Å². The summed E-state index contributed by atoms with van der Waals surface area (Å²) < 4.78 is 32.5. The monoisotopic (exact) mass is 281 g/mol. The number of hydrogen-bond donors (Lipinski definition) is 0. The van der Waals surface area contributed by atoms with Gasteiger partial charge in [0.15, 0.2) is 0 Å². The van der Waals surface area contributed by atoms with Crippen molar-refractivity contribution in [3.63, 3.8) is 0 Å². The number of alkyl halides is 2. The first-order valence-corrected chi connectivity index (χ1v) is 6.71. The van der Waals surface area contributed by atoms with Gasteiger partial charge in [-0.25, -0.2) is 8.78 Å². The van der Waals surface area contributed by atoms with Crippen LogP contribution in [0.2, 0.25) is 0 Å². The quantitative estimate of drug-likeness (QED) is 0.834. The number of methoxy groups -OCH3 is 1. The lowest BCUT2D eigenvalue weighted by molar-refractivity contribution is 0.0635. The van der Waals surface area contributed by atoms with Crippen molar-refractivity contribution in [3.8, 4) is 5.75 Å². The third-order valence-corrected chi connectivity index (χ3v) is 4.79. The van der Waals surface area contributed by atoms with Gasteiger partial charge in [-0.2, -0.15) is 0 Å². The SMILES string of the molecule is COc1cccc(C(=O)N2CCC3(C)C(C2)C3(F)F)c1. The number of fused-ring (bicyclic) bond motifs is 1. The number of carbonyl (C=O) groups excluding carboxylic acids is 1. The van der Waals surface area contributed by atoms with Gasteiger partial charge >= 0.3 is 0 Å². The van der Waals surface area contributed by atoms with Gasteiger partial charge < -0.3 is 9.64 Å². The number of amides is 1. The number of nitrogens with zero attached hydrogens (tertiary/aromatic N) is 1. The van der Waals surface area contributed by atoms with E-state index in [0.717, 1.165) is 0 Å². The molecule has 2 atom stereocenters. The minimum Gasteiger partial charge on any atom is -0.497 e. The highest BCUT2D eigenvalue weighted by molar-refractivity contribution is 5.94. The van der Waals surface area contributed by atoms with Crippen LogP contribution in [0.15, 0.2) is 24.3 Å². The second-order valence-corrected chi connectivity index (χ2v) is 5.83. The number of carbonyl (C=O) groups is 1. The molecule has 1 aliphatic carbocycles. The molecule has 0 N–H and O–H groups in total. The minimum absolute atomic E-state index is 0.138. The smallest absolute Gasteiger partial charge is 0.259 e. The van der Waals surface area contributed by atoms with Crippen LogP contribution in [0.1, 0.15) is 23.7 Å². The molecule has 0 aromatic heterocycles. The van der Waals surface area contributed by atoms with E-state index in [2.05, 4.69) is 0 Å². The second-order valence-electron chi connectivity index (χ2n) is 5.83. The molecule has 1 aliphatic heterocycles. The van der Waals surface area contributed by atoms with Crippen LogP contribution in [0.25, 0.3) is 0 Å². The molecule has 1 amide bonds. The highest BCUT2D eigenvalue weighted by Crippen LogP contribution is 2.69. The first kappa shape index (κ1) is 13.3. The Balaban J connectivity index is 1.76. The maximum absolute atomic E-state index is 13.7. The molecular formula is C15H17F2NO2. The first-order valence-electron chi connectivity index (χ1n) is 6.71. The van der Waals surface area contributed by atoms with E-state index >= 15 is 0 Å². The third-order valence-electron chi connectivity index (χ3n) is 4.79. The lowest BCUT2D eigenvalue weighted by Gasteiger charge is -2.28. The van der Waals surface area contributed by atoms with Crippen molar-refractivity contribution in [2.45, 2.75) is 19.3 Å². The summed E-state index contributed by atoms with van der Waals surface area (Å²) in [5, 5.41) is 0. The molecule has 1 aromatic carbocycles. The average molecular weight is 281 g/mol. The predicted octanol–water partition coefficient (Wildman–Crippen LogP) is 2.81. The lowest BCUT2D eigenvalue weighted by Crippen LogP contribution is -2.38. The summed E-state index contributed by atoms with van der Waals surface area (Å²) in [6.45, 7) is 2.14. The van der Waals surface area contributed by atoms with E-state index in [-0.39, 0.29) is 12.5 Å². The van der Waals surface area contributed by atoms with E-state index in [9.17, 15) is 13.6 Å². The van der Waals surface area contributed by atoms with Crippen molar-refractivity contribution in [2.24, 2.45) is 11.3 Å². The van der Waals surface area contributed by atoms with Crippen LogP contribution in [0.3, 0.4) is 0 Å². The zero-order valence-corrected chi connectivity index (χ0v) is 11.5. The van der Waals surface area contributed by atoms with Gasteiger partial charge in [-0.3, -0.25) is 4.79 Å². The maximum Gasteiger partial charge on any atom is 0.259 e. The van der Waals surface area contributed by atoms with Crippen molar-refractivity contribution in [1.29, 1.82) is 0 Å². The zero-order chi connectivity index (χ0) is 14.5. The summed E-state index contributed by atoms with van der Waals surface area (Å²) in [6, 6.07) is 6.80. The maximum atomic E-state index is 13.7. The fourth-order valence-electron chi connectivity index (χ4n) is 3.13. The fourth-order valence-corrected chi connectivity index (χ4v) is 3.13. The van der Waals surface area contributed by atoms with Crippen molar-refractivity contribution in [3.05, 3.63) is 29.8 Å². The molecule has 2 aliphatic rings. The summed E-state index contributed by atoms with van der Waals surface area (Å²) in [6.07, 6.45) is 0.361. The lowest BCUT2D eigenvalue weighted by atomic mass is 9.97. The van der Waals surface area contributed by atoms with Crippen LogP contribution < -0.4 is 4.74 Å². The van der Waals surface area contributed by atoms with Crippen LogP contribution >= 0.6 is 0 Å². The van der Waals surface area contributed by atoms with Crippen LogP contribution in [-0.4, -0.2) is 36.9 Å². The Morgan fingerprint density at radius 2 is 2.20 bits per heavy atom. The molecule has 1 saturated carbocycles. The van der Waals surface area contributed by atoms with Crippen molar-refractivity contribution in [2.75, 3.05) is 20.2 Å². The number of ether oxygens (including phenoxy) is 1. The third kappa shape index (κ3) is 1.72. The number of rotatable bonds is 2. The van der Waals surface area contributed by atoms with Gasteiger partial charge in [-0.05, 0) is 24.6 Å². The molecule has 0 radical (unpaired) electrons. The standard InChI is InChI=1S/C15H17F2NO2/c1-14-6-7-18(9-12(14)15(14,16)17)13(19)10-4-3-5-11(8-10)20-2/h3-5,8,12H,6-7,9H2,1-2H3. The normalized spacial score (nSPS) is 30.6. The Labute approximate surface area is 116 Å². The molecule has 0 bridgehead atoms. The van der Waals surface area contributed by atoms with E-state index in [1.807, 2.05) is 0 Å². The Kier molecular flexibility index (Phi) is 2.78. The van der Waals surface area contributed by atoms with Crippen molar-refractivity contribution in [1.82, 2.24) is 4.90 Å². The minimum atomic E-state index is -2.63. The predicted molar refractivity (Wildman–Crippen MR) is 70.1 cm³/mol. The molecule has 108 valence electrons. The van der Waals surface area contributed by atoms with Crippen molar-refractivity contribution >= 4 is 5.91 Å². The summed E-state index contributed by atoms with van der Waals surface area (Å²) in [5.74, 6) is -2.93. The molecule has 5 heteroatoms. The van der Waals surface area contributed by atoms with Crippen LogP contribution in [-0.2, 0) is 0 Å². The summed E-state index contributed by atoms with van der Waals surface area (Å²) >= 11 is 0. The van der Waals surface area contributed by atoms with Crippen LogP contribution in [0, 0.1) is 11.3 Å². The van der Waals surface area contributed by atoms with E-state index in [1.54, 1.807) is 31.2 Å².